The van der Waals surface area contributed by atoms with Crippen LogP contribution in [0.5, 0.6) is 0 Å². The van der Waals surface area contributed by atoms with Crippen LogP contribution in [0.15, 0.2) is 12.8 Å². The highest BCUT2D eigenvalue weighted by atomic mass is 16.5. The van der Waals surface area contributed by atoms with Crippen molar-refractivity contribution >= 4 is 5.97 Å². The largest absolute Gasteiger partial charge is 0.434 e. The number of hydrogen-bond acceptors (Lipinski definition) is 3. The van der Waals surface area contributed by atoms with Crippen LogP contribution in [0.25, 0.3) is 0 Å². The van der Waals surface area contributed by atoms with Crippen LogP contribution in [0.1, 0.15) is 20.3 Å². The second-order valence-corrected chi connectivity index (χ2v) is 2.51. The number of nitrogens with one attached hydrogen (secondary N) is 1. The molecular weight excluding hydrogens is 142 g/mol. The van der Waals surface area contributed by atoms with Crippen molar-refractivity contribution in [3.05, 3.63) is 12.8 Å². The van der Waals surface area contributed by atoms with E-state index < -0.39 is 5.54 Å². The van der Waals surface area contributed by atoms with Gasteiger partial charge in [-0.1, -0.05) is 13.5 Å². The molecule has 0 spiro atoms. The molecule has 0 radical (unpaired) electrons. The van der Waals surface area contributed by atoms with E-state index in [2.05, 4.69) is 16.6 Å². The number of ether oxygens (including phenoxy) is 1. The van der Waals surface area contributed by atoms with E-state index in [1.165, 1.54) is 0 Å². The van der Waals surface area contributed by atoms with Gasteiger partial charge < -0.3 is 10.1 Å². The van der Waals surface area contributed by atoms with Crippen molar-refractivity contribution in [3.8, 4) is 0 Å². The van der Waals surface area contributed by atoms with Gasteiger partial charge in [0, 0.05) is 0 Å². The van der Waals surface area contributed by atoms with Crippen molar-refractivity contribution in [2.75, 3.05) is 7.05 Å². The Morgan fingerprint density at radius 1 is 1.82 bits per heavy atom. The minimum Gasteiger partial charge on any atom is -0.434 e. The van der Waals surface area contributed by atoms with Gasteiger partial charge in [0.15, 0.2) is 0 Å². The lowest BCUT2D eigenvalue weighted by atomic mass is 10.00. The van der Waals surface area contributed by atoms with Gasteiger partial charge in [0.05, 0.1) is 6.26 Å². The summed E-state index contributed by atoms with van der Waals surface area (Å²) in [5.41, 5.74) is -0.589. The molecule has 11 heavy (non-hydrogen) atoms. The molecule has 0 rings (SSSR count). The zero-order valence-corrected chi connectivity index (χ0v) is 7.31. The second-order valence-electron chi connectivity index (χ2n) is 2.51. The standard InChI is InChI=1S/C8H15NO2/c1-5-8(3,9-4)7(10)11-6-2/h6,9H,2,5H2,1,3-4H3. The molecule has 0 aliphatic rings. The summed E-state index contributed by atoms with van der Waals surface area (Å²) >= 11 is 0. The Labute approximate surface area is 67.4 Å². The third kappa shape index (κ3) is 2.35. The first-order valence-electron chi connectivity index (χ1n) is 3.61. The number of rotatable bonds is 4. The van der Waals surface area contributed by atoms with Gasteiger partial charge >= 0.3 is 5.97 Å². The van der Waals surface area contributed by atoms with E-state index in [9.17, 15) is 4.79 Å². The molecule has 1 N–H and O–H groups in total. The van der Waals surface area contributed by atoms with Crippen molar-refractivity contribution in [1.82, 2.24) is 5.32 Å². The van der Waals surface area contributed by atoms with E-state index in [-0.39, 0.29) is 5.97 Å². The first-order valence-corrected chi connectivity index (χ1v) is 3.61. The van der Waals surface area contributed by atoms with Crippen LogP contribution in [-0.4, -0.2) is 18.6 Å². The molecule has 0 saturated heterocycles. The Morgan fingerprint density at radius 2 is 2.36 bits per heavy atom. The fourth-order valence-corrected chi connectivity index (χ4v) is 0.629. The maximum atomic E-state index is 11.2. The number of esters is 1. The van der Waals surface area contributed by atoms with Crippen LogP contribution in [-0.2, 0) is 9.53 Å². The third-order valence-electron chi connectivity index (χ3n) is 1.90. The van der Waals surface area contributed by atoms with Crippen LogP contribution in [0.3, 0.4) is 0 Å². The first-order chi connectivity index (χ1) is 5.10. The van der Waals surface area contributed by atoms with Crippen molar-refractivity contribution in [1.29, 1.82) is 0 Å². The smallest absolute Gasteiger partial charge is 0.330 e. The summed E-state index contributed by atoms with van der Waals surface area (Å²) in [6, 6.07) is 0. The van der Waals surface area contributed by atoms with E-state index in [0.29, 0.717) is 6.42 Å². The fraction of sp³-hybridized carbons (Fsp3) is 0.625. The summed E-state index contributed by atoms with van der Waals surface area (Å²) in [5.74, 6) is -0.294. The maximum Gasteiger partial charge on any atom is 0.330 e. The highest BCUT2D eigenvalue weighted by molar-refractivity contribution is 5.80. The normalized spacial score (nSPS) is 15.2. The molecule has 3 nitrogen and oxygen atoms in total. The van der Waals surface area contributed by atoms with Gasteiger partial charge in [-0.3, -0.25) is 0 Å². The van der Waals surface area contributed by atoms with Crippen LogP contribution in [0.4, 0.5) is 0 Å². The predicted molar refractivity (Wildman–Crippen MR) is 44.0 cm³/mol. The summed E-state index contributed by atoms with van der Waals surface area (Å²) in [6.07, 6.45) is 1.84. The summed E-state index contributed by atoms with van der Waals surface area (Å²) in [5, 5.41) is 2.89. The Bertz CT molecular complexity index is 150. The topological polar surface area (TPSA) is 38.3 Å². The fourth-order valence-electron chi connectivity index (χ4n) is 0.629. The van der Waals surface area contributed by atoms with E-state index in [1.54, 1.807) is 14.0 Å². The minimum absolute atomic E-state index is 0.294. The molecule has 0 fully saturated rings. The Kier molecular flexibility index (Phi) is 3.82. The van der Waals surface area contributed by atoms with Gasteiger partial charge in [-0.25, -0.2) is 4.79 Å². The highest BCUT2D eigenvalue weighted by Gasteiger charge is 2.30. The molecule has 0 heterocycles. The molecule has 0 bridgehead atoms. The quantitative estimate of drug-likeness (QED) is 0.490. The number of carbonyl (C=O) groups is 1. The van der Waals surface area contributed by atoms with E-state index in [4.69, 9.17) is 0 Å². The molecule has 1 atom stereocenters. The molecule has 0 amide bonds. The lowest BCUT2D eigenvalue weighted by Gasteiger charge is -2.23. The van der Waals surface area contributed by atoms with Crippen molar-refractivity contribution in [2.45, 2.75) is 25.8 Å². The van der Waals surface area contributed by atoms with Gasteiger partial charge in [0.2, 0.25) is 0 Å². The molecule has 0 saturated carbocycles. The number of carbonyl (C=O) groups excluding carboxylic acids is 1. The molecule has 0 aliphatic heterocycles. The van der Waals surface area contributed by atoms with Crippen LogP contribution in [0, 0.1) is 0 Å². The molecule has 3 heteroatoms. The van der Waals surface area contributed by atoms with Gasteiger partial charge in [-0.2, -0.15) is 0 Å². The van der Waals surface area contributed by atoms with Gasteiger partial charge in [-0.05, 0) is 20.4 Å². The molecule has 0 aromatic carbocycles. The lowest BCUT2D eigenvalue weighted by molar-refractivity contribution is -0.145. The van der Waals surface area contributed by atoms with Crippen molar-refractivity contribution in [2.24, 2.45) is 0 Å². The first kappa shape index (κ1) is 10.2. The number of likely N-dealkylation sites (N-methyl/N-ethyl adjacent to an activating group) is 1. The summed E-state index contributed by atoms with van der Waals surface area (Å²) in [4.78, 5) is 11.2. The lowest BCUT2D eigenvalue weighted by Crippen LogP contribution is -2.47. The van der Waals surface area contributed by atoms with E-state index in [1.807, 2.05) is 6.92 Å². The maximum absolute atomic E-state index is 11.2. The Hall–Kier alpha value is -0.830. The molecule has 0 aromatic heterocycles. The SMILES string of the molecule is C=COC(=O)C(C)(CC)NC. The number of hydrogen-bond donors (Lipinski definition) is 1. The van der Waals surface area contributed by atoms with Crippen LogP contribution < -0.4 is 5.32 Å². The van der Waals surface area contributed by atoms with Crippen molar-refractivity contribution in [3.63, 3.8) is 0 Å². The average molecular weight is 157 g/mol. The molecule has 64 valence electrons. The molecule has 0 aliphatic carbocycles. The zero-order chi connectivity index (χ0) is 8.91. The molecule has 0 aromatic rings. The Morgan fingerprint density at radius 3 is 2.64 bits per heavy atom. The predicted octanol–water partition coefficient (Wildman–Crippen LogP) is 1.06. The van der Waals surface area contributed by atoms with Gasteiger partial charge in [-0.15, -0.1) is 0 Å². The van der Waals surface area contributed by atoms with E-state index >= 15 is 0 Å². The average Bonchev–Trinajstić information content (AvgIpc) is 2.03. The van der Waals surface area contributed by atoms with Gasteiger partial charge in [0.25, 0.3) is 0 Å². The summed E-state index contributed by atoms with van der Waals surface area (Å²) in [7, 11) is 1.73. The molecular formula is C8H15NO2. The van der Waals surface area contributed by atoms with Crippen LogP contribution >= 0.6 is 0 Å². The van der Waals surface area contributed by atoms with E-state index in [0.717, 1.165) is 6.26 Å². The van der Waals surface area contributed by atoms with Gasteiger partial charge in [0.1, 0.15) is 5.54 Å². The molecule has 1 unspecified atom stereocenters. The minimum atomic E-state index is -0.589. The monoisotopic (exact) mass is 157 g/mol. The van der Waals surface area contributed by atoms with Crippen LogP contribution in [0.2, 0.25) is 0 Å². The second kappa shape index (κ2) is 4.13. The summed E-state index contributed by atoms with van der Waals surface area (Å²) < 4.78 is 4.65. The Balaban J connectivity index is 4.23. The summed E-state index contributed by atoms with van der Waals surface area (Å²) in [6.45, 7) is 7.02. The highest BCUT2D eigenvalue weighted by Crippen LogP contribution is 2.10. The zero-order valence-electron chi connectivity index (χ0n) is 7.31. The third-order valence-corrected chi connectivity index (χ3v) is 1.90. The van der Waals surface area contributed by atoms with Crippen molar-refractivity contribution < 1.29 is 9.53 Å².